The summed E-state index contributed by atoms with van der Waals surface area (Å²) in [5.74, 6) is -1.83. The van der Waals surface area contributed by atoms with E-state index in [0.717, 1.165) is 11.1 Å². The van der Waals surface area contributed by atoms with Crippen molar-refractivity contribution >= 4 is 17.7 Å². The van der Waals surface area contributed by atoms with Gasteiger partial charge in [-0.1, -0.05) is 24.3 Å². The number of aliphatic carboxylic acids is 1. The number of carboxylic acid groups (broad SMARTS) is 1. The van der Waals surface area contributed by atoms with Gasteiger partial charge in [0, 0.05) is 13.0 Å². The maximum absolute atomic E-state index is 12.4. The van der Waals surface area contributed by atoms with Crippen molar-refractivity contribution < 1.29 is 19.3 Å². The van der Waals surface area contributed by atoms with Gasteiger partial charge in [-0.15, -0.1) is 0 Å². The lowest BCUT2D eigenvalue weighted by Gasteiger charge is -2.33. The van der Waals surface area contributed by atoms with E-state index in [1.54, 1.807) is 0 Å². The van der Waals surface area contributed by atoms with Gasteiger partial charge in [0.2, 0.25) is 11.5 Å². The van der Waals surface area contributed by atoms with Crippen molar-refractivity contribution in [3.05, 3.63) is 41.1 Å². The summed E-state index contributed by atoms with van der Waals surface area (Å²) >= 11 is 0. The largest absolute Gasteiger partial charge is 0.480 e. The van der Waals surface area contributed by atoms with E-state index >= 15 is 0 Å². The number of benzene rings is 1. The Morgan fingerprint density at radius 1 is 1.29 bits per heavy atom. The van der Waals surface area contributed by atoms with Crippen molar-refractivity contribution in [3.8, 4) is 0 Å². The predicted octanol–water partition coefficient (Wildman–Crippen LogP) is 0.303. The molecule has 0 radical (unpaired) electrons. The molecule has 1 atom stereocenters. The number of carbonyl (C=O) groups is 2. The van der Waals surface area contributed by atoms with Gasteiger partial charge in [-0.25, -0.2) is 9.42 Å². The molecule has 0 bridgehead atoms. The molecule has 1 aliphatic rings. The van der Waals surface area contributed by atoms with Crippen LogP contribution in [0, 0.1) is 0 Å². The first-order chi connectivity index (χ1) is 10.1. The zero-order valence-electron chi connectivity index (χ0n) is 10.9. The van der Waals surface area contributed by atoms with Crippen LogP contribution in [-0.2, 0) is 17.8 Å². The van der Waals surface area contributed by atoms with E-state index in [0.29, 0.717) is 0 Å². The lowest BCUT2D eigenvalue weighted by molar-refractivity contribution is -0.142. The molecule has 108 valence electrons. The number of nitrogens with zero attached hydrogens (tertiary/aromatic N) is 3. The monoisotopic (exact) mass is 288 g/mol. The molecule has 0 fully saturated rings. The van der Waals surface area contributed by atoms with Crippen LogP contribution in [0.4, 0.5) is 5.82 Å². The number of carboxylic acids is 1. The molecule has 0 saturated carbocycles. The van der Waals surface area contributed by atoms with E-state index < -0.39 is 17.9 Å². The van der Waals surface area contributed by atoms with Crippen LogP contribution in [0.15, 0.2) is 28.9 Å². The Kier molecular flexibility index (Phi) is 3.05. The lowest BCUT2D eigenvalue weighted by Crippen LogP contribution is -2.48. The predicted molar refractivity (Wildman–Crippen MR) is 70.2 cm³/mol. The van der Waals surface area contributed by atoms with Crippen molar-refractivity contribution in [2.24, 2.45) is 0 Å². The van der Waals surface area contributed by atoms with Gasteiger partial charge in [-0.2, -0.15) is 0 Å². The molecule has 0 aliphatic carbocycles. The number of nitrogen functional groups attached to an aromatic ring is 1. The third-order valence-electron chi connectivity index (χ3n) is 3.51. The Balaban J connectivity index is 1.98. The van der Waals surface area contributed by atoms with Gasteiger partial charge in [-0.3, -0.25) is 4.79 Å². The molecule has 1 aromatic heterocycles. The molecule has 8 heteroatoms. The minimum Gasteiger partial charge on any atom is -0.480 e. The molecule has 1 aromatic carbocycles. The Labute approximate surface area is 119 Å². The van der Waals surface area contributed by atoms with Crippen molar-refractivity contribution in [2.75, 3.05) is 5.73 Å². The van der Waals surface area contributed by atoms with Crippen molar-refractivity contribution in [3.63, 3.8) is 0 Å². The van der Waals surface area contributed by atoms with E-state index in [-0.39, 0.29) is 24.5 Å². The van der Waals surface area contributed by atoms with E-state index in [9.17, 15) is 14.7 Å². The zero-order valence-corrected chi connectivity index (χ0v) is 10.9. The first-order valence-electron chi connectivity index (χ1n) is 6.26. The summed E-state index contributed by atoms with van der Waals surface area (Å²) in [6, 6.07) is 6.43. The van der Waals surface area contributed by atoms with Crippen LogP contribution in [0.3, 0.4) is 0 Å². The van der Waals surface area contributed by atoms with Gasteiger partial charge in [0.1, 0.15) is 6.04 Å². The van der Waals surface area contributed by atoms with Gasteiger partial charge < -0.3 is 15.7 Å². The molecular weight excluding hydrogens is 276 g/mol. The van der Waals surface area contributed by atoms with Gasteiger partial charge in [-0.05, 0) is 21.4 Å². The van der Waals surface area contributed by atoms with E-state index in [1.165, 1.54) is 4.90 Å². The normalized spacial score (nSPS) is 17.3. The van der Waals surface area contributed by atoms with Crippen LogP contribution >= 0.6 is 0 Å². The van der Waals surface area contributed by atoms with Crippen LogP contribution in [-0.4, -0.2) is 38.2 Å². The number of nitrogens with two attached hydrogens (primary N) is 1. The van der Waals surface area contributed by atoms with Crippen molar-refractivity contribution in [1.29, 1.82) is 0 Å². The Hall–Kier alpha value is -2.90. The van der Waals surface area contributed by atoms with E-state index in [4.69, 9.17) is 5.73 Å². The smallest absolute Gasteiger partial charge is 0.326 e. The number of amides is 1. The zero-order chi connectivity index (χ0) is 15.0. The van der Waals surface area contributed by atoms with Crippen LogP contribution in [0.5, 0.6) is 0 Å². The molecule has 1 unspecified atom stereocenters. The fraction of sp³-hybridized carbons (Fsp3) is 0.231. The van der Waals surface area contributed by atoms with E-state index in [1.807, 2.05) is 24.3 Å². The Morgan fingerprint density at radius 2 is 2.00 bits per heavy atom. The van der Waals surface area contributed by atoms with Crippen LogP contribution in [0.25, 0.3) is 0 Å². The number of fused-ring (bicyclic) bond motifs is 1. The highest BCUT2D eigenvalue weighted by atomic mass is 16.6. The molecule has 3 rings (SSSR count). The average Bonchev–Trinajstić information content (AvgIpc) is 2.91. The fourth-order valence-electron chi connectivity index (χ4n) is 2.44. The lowest BCUT2D eigenvalue weighted by atomic mass is 9.93. The minimum atomic E-state index is -1.08. The number of anilines is 1. The number of rotatable bonds is 2. The topological polar surface area (TPSA) is 123 Å². The number of aromatic nitrogens is 2. The molecule has 0 saturated heterocycles. The van der Waals surface area contributed by atoms with Crippen LogP contribution < -0.4 is 5.73 Å². The van der Waals surface area contributed by atoms with Crippen molar-refractivity contribution in [1.82, 2.24) is 15.2 Å². The summed E-state index contributed by atoms with van der Waals surface area (Å²) < 4.78 is 4.40. The molecule has 1 aliphatic heterocycles. The highest BCUT2D eigenvalue weighted by Gasteiger charge is 2.36. The van der Waals surface area contributed by atoms with Crippen molar-refractivity contribution in [2.45, 2.75) is 19.0 Å². The Bertz CT molecular complexity index is 712. The summed E-state index contributed by atoms with van der Waals surface area (Å²) in [6.45, 7) is 0.179. The molecular formula is C13H12N4O4. The quantitative estimate of drug-likeness (QED) is 0.814. The van der Waals surface area contributed by atoms with Gasteiger partial charge in [0.25, 0.3) is 5.91 Å². The minimum absolute atomic E-state index is 0.150. The highest BCUT2D eigenvalue weighted by molar-refractivity contribution is 5.98. The maximum atomic E-state index is 12.4. The number of hydrogen-bond acceptors (Lipinski definition) is 6. The SMILES string of the molecule is Nc1nonc1C(=O)N1Cc2ccccc2CC1C(=O)O. The molecule has 3 N–H and O–H groups in total. The third kappa shape index (κ3) is 2.20. The first-order valence-corrected chi connectivity index (χ1v) is 6.26. The Morgan fingerprint density at radius 3 is 2.62 bits per heavy atom. The second kappa shape index (κ2) is 4.89. The fourth-order valence-corrected chi connectivity index (χ4v) is 2.44. The highest BCUT2D eigenvalue weighted by Crippen LogP contribution is 2.25. The van der Waals surface area contributed by atoms with Gasteiger partial charge >= 0.3 is 5.97 Å². The molecule has 2 heterocycles. The summed E-state index contributed by atoms with van der Waals surface area (Å²) in [7, 11) is 0. The summed E-state index contributed by atoms with van der Waals surface area (Å²) in [5, 5.41) is 16.2. The summed E-state index contributed by atoms with van der Waals surface area (Å²) in [5.41, 5.74) is 7.15. The summed E-state index contributed by atoms with van der Waals surface area (Å²) in [6.07, 6.45) is 0.239. The van der Waals surface area contributed by atoms with Crippen LogP contribution in [0.2, 0.25) is 0 Å². The molecule has 21 heavy (non-hydrogen) atoms. The number of carbonyl (C=O) groups excluding carboxylic acids is 1. The van der Waals surface area contributed by atoms with Crippen LogP contribution in [0.1, 0.15) is 21.6 Å². The standard InChI is InChI=1S/C13H12N4O4/c14-11-10(15-21-16-11)12(18)17-6-8-4-2-1-3-7(8)5-9(17)13(19)20/h1-4,9H,5-6H2,(H2,14,16)(H,19,20). The second-order valence-corrected chi connectivity index (χ2v) is 4.76. The second-order valence-electron chi connectivity index (χ2n) is 4.76. The maximum Gasteiger partial charge on any atom is 0.326 e. The summed E-state index contributed by atoms with van der Waals surface area (Å²) in [4.78, 5) is 25.1. The van der Waals surface area contributed by atoms with E-state index in [2.05, 4.69) is 14.9 Å². The molecule has 2 aromatic rings. The molecule has 0 spiro atoms. The van der Waals surface area contributed by atoms with Gasteiger partial charge in [0.15, 0.2) is 0 Å². The first kappa shape index (κ1) is 13.1. The molecule has 8 nitrogen and oxygen atoms in total. The molecule has 1 amide bonds. The third-order valence-corrected chi connectivity index (χ3v) is 3.51. The van der Waals surface area contributed by atoms with Gasteiger partial charge in [0.05, 0.1) is 0 Å². The average molecular weight is 288 g/mol. The number of hydrogen-bond donors (Lipinski definition) is 2.